The summed E-state index contributed by atoms with van der Waals surface area (Å²) in [5.41, 5.74) is 0. The number of ether oxygens (including phenoxy) is 1. The van der Waals surface area contributed by atoms with E-state index in [0.717, 1.165) is 6.42 Å². The molecule has 0 N–H and O–H groups in total. The van der Waals surface area contributed by atoms with Crippen LogP contribution in [0.5, 0.6) is 0 Å². The molecule has 0 aromatic carbocycles. The molecule has 0 radical (unpaired) electrons. The number of nitrogens with zero attached hydrogens (tertiary/aromatic N) is 1. The zero-order valence-electron chi connectivity index (χ0n) is 11.2. The molecule has 0 unspecified atom stereocenters. The molecule has 2 atom stereocenters. The first-order chi connectivity index (χ1) is 7.97. The highest BCUT2D eigenvalue weighted by atomic mass is 16.6. The van der Waals surface area contributed by atoms with Gasteiger partial charge in [0, 0.05) is 6.42 Å². The number of carbonyl (C=O) groups is 2. The van der Waals surface area contributed by atoms with E-state index < -0.39 is 6.09 Å². The minimum Gasteiger partial charge on any atom is -0.447 e. The van der Waals surface area contributed by atoms with E-state index in [1.165, 1.54) is 4.90 Å². The van der Waals surface area contributed by atoms with E-state index in [1.807, 2.05) is 0 Å². The Morgan fingerprint density at radius 1 is 1.41 bits per heavy atom. The van der Waals surface area contributed by atoms with E-state index in [4.69, 9.17) is 4.74 Å². The Morgan fingerprint density at radius 2 is 2.06 bits per heavy atom. The molecule has 2 amide bonds. The zero-order valence-corrected chi connectivity index (χ0v) is 11.2. The third kappa shape index (κ3) is 3.45. The molecule has 17 heavy (non-hydrogen) atoms. The van der Waals surface area contributed by atoms with Crippen molar-refractivity contribution in [3.63, 3.8) is 0 Å². The fraction of sp³-hybridized carbons (Fsp3) is 0.846. The Labute approximate surface area is 103 Å². The van der Waals surface area contributed by atoms with Gasteiger partial charge in [0.25, 0.3) is 0 Å². The number of amides is 2. The second kappa shape index (κ2) is 6.03. The van der Waals surface area contributed by atoms with Crippen molar-refractivity contribution in [3.05, 3.63) is 0 Å². The van der Waals surface area contributed by atoms with Crippen molar-refractivity contribution in [2.75, 3.05) is 13.2 Å². The summed E-state index contributed by atoms with van der Waals surface area (Å²) in [4.78, 5) is 24.5. The lowest BCUT2D eigenvalue weighted by molar-refractivity contribution is -0.129. The van der Waals surface area contributed by atoms with Gasteiger partial charge >= 0.3 is 6.09 Å². The molecule has 98 valence electrons. The molecular formula is C13H23NO3. The highest BCUT2D eigenvalue weighted by Gasteiger charge is 2.31. The number of cyclic esters (lactones) is 1. The number of hydrogen-bond acceptors (Lipinski definition) is 3. The van der Waals surface area contributed by atoms with Crippen molar-refractivity contribution < 1.29 is 14.3 Å². The third-order valence-electron chi connectivity index (χ3n) is 3.70. The Kier molecular flexibility index (Phi) is 4.97. The maximum atomic E-state index is 12.0. The average molecular weight is 241 g/mol. The first-order valence-corrected chi connectivity index (χ1v) is 6.44. The maximum Gasteiger partial charge on any atom is 0.416 e. The van der Waals surface area contributed by atoms with Gasteiger partial charge in [0.15, 0.2) is 0 Å². The van der Waals surface area contributed by atoms with Gasteiger partial charge in [-0.25, -0.2) is 9.69 Å². The van der Waals surface area contributed by atoms with E-state index in [9.17, 15) is 9.59 Å². The molecule has 4 nitrogen and oxygen atoms in total. The molecule has 0 spiro atoms. The maximum absolute atomic E-state index is 12.0. The fourth-order valence-electron chi connectivity index (χ4n) is 2.33. The summed E-state index contributed by atoms with van der Waals surface area (Å²) in [6, 6.07) is 0. The van der Waals surface area contributed by atoms with Gasteiger partial charge < -0.3 is 4.74 Å². The van der Waals surface area contributed by atoms with Crippen LogP contribution < -0.4 is 0 Å². The summed E-state index contributed by atoms with van der Waals surface area (Å²) < 4.78 is 4.78. The van der Waals surface area contributed by atoms with Crippen molar-refractivity contribution in [3.8, 4) is 0 Å². The largest absolute Gasteiger partial charge is 0.447 e. The Balaban J connectivity index is 2.60. The van der Waals surface area contributed by atoms with E-state index >= 15 is 0 Å². The van der Waals surface area contributed by atoms with E-state index in [-0.39, 0.29) is 5.91 Å². The van der Waals surface area contributed by atoms with Crippen LogP contribution in [0, 0.1) is 17.8 Å². The first-order valence-electron chi connectivity index (χ1n) is 6.44. The molecule has 1 aliphatic heterocycles. The van der Waals surface area contributed by atoms with Crippen molar-refractivity contribution in [1.82, 2.24) is 4.90 Å². The Hall–Kier alpha value is -1.06. The quantitative estimate of drug-likeness (QED) is 0.743. The van der Waals surface area contributed by atoms with Crippen LogP contribution in [0.1, 0.15) is 40.5 Å². The zero-order chi connectivity index (χ0) is 13.0. The number of carbonyl (C=O) groups excluding carboxylic acids is 2. The van der Waals surface area contributed by atoms with E-state index in [0.29, 0.717) is 37.3 Å². The lowest BCUT2D eigenvalue weighted by atomic mass is 9.80. The summed E-state index contributed by atoms with van der Waals surface area (Å²) in [6.07, 6.45) is 1.02. The molecule has 1 fully saturated rings. The predicted octanol–water partition coefficient (Wildman–Crippen LogP) is 2.67. The van der Waals surface area contributed by atoms with E-state index in [2.05, 4.69) is 27.7 Å². The smallest absolute Gasteiger partial charge is 0.416 e. The standard InChI is InChI=1S/C13H23NO3/c1-5-10(4)11(9(2)3)8-12(15)14-6-7-17-13(14)16/h9-11H,5-8H2,1-4H3/t10-,11+/m1/s1. The highest BCUT2D eigenvalue weighted by Crippen LogP contribution is 2.27. The van der Waals surface area contributed by atoms with Gasteiger partial charge in [-0.2, -0.15) is 0 Å². The molecule has 0 aromatic heterocycles. The molecule has 1 heterocycles. The average Bonchev–Trinajstić information content (AvgIpc) is 2.70. The molecule has 0 aliphatic carbocycles. The molecule has 1 saturated heterocycles. The van der Waals surface area contributed by atoms with Gasteiger partial charge in [0.2, 0.25) is 5.91 Å². The van der Waals surface area contributed by atoms with Crippen molar-refractivity contribution in [2.24, 2.45) is 17.8 Å². The number of imide groups is 1. The minimum absolute atomic E-state index is 0.0912. The molecule has 0 aromatic rings. The summed E-state index contributed by atoms with van der Waals surface area (Å²) >= 11 is 0. The monoisotopic (exact) mass is 241 g/mol. The molecule has 4 heteroatoms. The third-order valence-corrected chi connectivity index (χ3v) is 3.70. The summed E-state index contributed by atoms with van der Waals surface area (Å²) in [7, 11) is 0. The van der Waals surface area contributed by atoms with Crippen LogP contribution in [0.2, 0.25) is 0 Å². The summed E-state index contributed by atoms with van der Waals surface area (Å²) in [5.74, 6) is 1.19. The van der Waals surface area contributed by atoms with E-state index in [1.54, 1.807) is 0 Å². The Bertz CT molecular complexity index is 288. The number of hydrogen-bond donors (Lipinski definition) is 0. The molecular weight excluding hydrogens is 218 g/mol. The lowest BCUT2D eigenvalue weighted by Crippen LogP contribution is -2.35. The second-order valence-corrected chi connectivity index (χ2v) is 5.16. The minimum atomic E-state index is -0.485. The summed E-state index contributed by atoms with van der Waals surface area (Å²) in [5, 5.41) is 0. The van der Waals surface area contributed by atoms with Crippen LogP contribution in [0.3, 0.4) is 0 Å². The van der Waals surface area contributed by atoms with Gasteiger partial charge in [-0.15, -0.1) is 0 Å². The summed E-state index contributed by atoms with van der Waals surface area (Å²) in [6.45, 7) is 9.30. The molecule has 1 aliphatic rings. The number of rotatable bonds is 5. The highest BCUT2D eigenvalue weighted by molar-refractivity contribution is 5.93. The second-order valence-electron chi connectivity index (χ2n) is 5.16. The SMILES string of the molecule is CC[C@@H](C)[C@@H](CC(=O)N1CCOC1=O)C(C)C. The molecule has 0 saturated carbocycles. The van der Waals surface area contributed by atoms with Crippen LogP contribution in [0.25, 0.3) is 0 Å². The van der Waals surface area contributed by atoms with Gasteiger partial charge in [-0.3, -0.25) is 4.79 Å². The first kappa shape index (κ1) is 14.0. The molecule has 0 bridgehead atoms. The molecule has 1 rings (SSSR count). The van der Waals surface area contributed by atoms with Crippen LogP contribution in [-0.2, 0) is 9.53 Å². The van der Waals surface area contributed by atoms with Crippen LogP contribution in [-0.4, -0.2) is 30.1 Å². The topological polar surface area (TPSA) is 46.6 Å². The van der Waals surface area contributed by atoms with Crippen LogP contribution >= 0.6 is 0 Å². The van der Waals surface area contributed by atoms with Gasteiger partial charge in [-0.1, -0.05) is 34.1 Å². The van der Waals surface area contributed by atoms with Crippen LogP contribution in [0.15, 0.2) is 0 Å². The normalized spacial score (nSPS) is 19.4. The van der Waals surface area contributed by atoms with Crippen molar-refractivity contribution in [2.45, 2.75) is 40.5 Å². The van der Waals surface area contributed by atoms with Crippen LogP contribution in [0.4, 0.5) is 4.79 Å². The predicted molar refractivity (Wildman–Crippen MR) is 65.5 cm³/mol. The van der Waals surface area contributed by atoms with Gasteiger partial charge in [-0.05, 0) is 17.8 Å². The van der Waals surface area contributed by atoms with Gasteiger partial charge in [0.05, 0.1) is 6.54 Å². The lowest BCUT2D eigenvalue weighted by Gasteiger charge is -2.27. The van der Waals surface area contributed by atoms with Crippen molar-refractivity contribution in [1.29, 1.82) is 0 Å². The fourth-order valence-corrected chi connectivity index (χ4v) is 2.33. The Morgan fingerprint density at radius 3 is 2.47 bits per heavy atom. The van der Waals surface area contributed by atoms with Crippen molar-refractivity contribution >= 4 is 12.0 Å². The van der Waals surface area contributed by atoms with Gasteiger partial charge in [0.1, 0.15) is 6.61 Å².